The molecule has 1 aliphatic heterocycles. The van der Waals surface area contributed by atoms with Gasteiger partial charge in [-0.05, 0) is 35.1 Å². The van der Waals surface area contributed by atoms with E-state index in [1.54, 1.807) is 0 Å². The zero-order valence-electron chi connectivity index (χ0n) is 19.0. The van der Waals surface area contributed by atoms with Gasteiger partial charge in [-0.1, -0.05) is 55.0 Å². The Hall–Kier alpha value is -3.49. The van der Waals surface area contributed by atoms with Crippen LogP contribution in [0.5, 0.6) is 0 Å². The smallest absolute Gasteiger partial charge is 0.407 e. The number of alkyl halides is 2. The molecule has 2 unspecified atom stereocenters. The van der Waals surface area contributed by atoms with Gasteiger partial charge in [0.25, 0.3) is 5.92 Å². The molecule has 184 valence electrons. The molecule has 1 heterocycles. The van der Waals surface area contributed by atoms with Crippen molar-refractivity contribution in [3.05, 3.63) is 59.7 Å². The molecule has 7 nitrogen and oxygen atoms in total. The highest BCUT2D eigenvalue weighted by Gasteiger charge is 2.52. The molecule has 2 N–H and O–H groups in total. The second kappa shape index (κ2) is 8.94. The van der Waals surface area contributed by atoms with E-state index < -0.39 is 54.9 Å². The van der Waals surface area contributed by atoms with Crippen molar-refractivity contribution in [1.82, 2.24) is 10.2 Å². The van der Waals surface area contributed by atoms with E-state index >= 15 is 0 Å². The minimum absolute atomic E-state index is 0.114. The van der Waals surface area contributed by atoms with Crippen LogP contribution in [-0.4, -0.2) is 59.1 Å². The molecule has 0 spiro atoms. The van der Waals surface area contributed by atoms with Gasteiger partial charge in [0, 0.05) is 18.4 Å². The first-order valence-electron chi connectivity index (χ1n) is 11.8. The fraction of sp³-hybridized carbons (Fsp3) is 0.423. The van der Waals surface area contributed by atoms with E-state index in [9.17, 15) is 28.3 Å². The Morgan fingerprint density at radius 1 is 1.03 bits per heavy atom. The predicted molar refractivity (Wildman–Crippen MR) is 122 cm³/mol. The Labute approximate surface area is 201 Å². The summed E-state index contributed by atoms with van der Waals surface area (Å²) < 4.78 is 33.3. The van der Waals surface area contributed by atoms with Gasteiger partial charge in [0.05, 0.1) is 12.5 Å². The van der Waals surface area contributed by atoms with Crippen LogP contribution in [0.25, 0.3) is 11.1 Å². The third kappa shape index (κ3) is 4.35. The summed E-state index contributed by atoms with van der Waals surface area (Å²) in [6.45, 7) is -0.804. The molecule has 9 heteroatoms. The molecule has 3 atom stereocenters. The summed E-state index contributed by atoms with van der Waals surface area (Å²) in [4.78, 5) is 37.9. The van der Waals surface area contributed by atoms with E-state index in [1.807, 2.05) is 48.5 Å². The number of benzene rings is 2. The summed E-state index contributed by atoms with van der Waals surface area (Å²) >= 11 is 0. The van der Waals surface area contributed by atoms with Crippen LogP contribution in [0.4, 0.5) is 13.6 Å². The van der Waals surface area contributed by atoms with Crippen molar-refractivity contribution in [2.24, 2.45) is 5.92 Å². The lowest BCUT2D eigenvalue weighted by atomic mass is 9.98. The quantitative estimate of drug-likeness (QED) is 0.669. The number of carboxylic acids is 1. The number of amides is 2. The minimum atomic E-state index is -3.24. The molecular formula is C26H26F2N2O5. The van der Waals surface area contributed by atoms with Gasteiger partial charge in [-0.2, -0.15) is 0 Å². The highest BCUT2D eigenvalue weighted by Crippen LogP contribution is 2.44. The number of rotatable bonds is 5. The van der Waals surface area contributed by atoms with Gasteiger partial charge in [0.2, 0.25) is 5.91 Å². The predicted octanol–water partition coefficient (Wildman–Crippen LogP) is 4.01. The van der Waals surface area contributed by atoms with Gasteiger partial charge in [-0.25, -0.2) is 18.4 Å². The lowest BCUT2D eigenvalue weighted by Gasteiger charge is -2.27. The van der Waals surface area contributed by atoms with E-state index in [1.165, 1.54) is 0 Å². The second-order valence-electron chi connectivity index (χ2n) is 9.49. The van der Waals surface area contributed by atoms with Crippen LogP contribution in [-0.2, 0) is 14.3 Å². The Morgan fingerprint density at radius 3 is 2.29 bits per heavy atom. The molecule has 2 fully saturated rings. The Morgan fingerprint density at radius 2 is 1.66 bits per heavy atom. The van der Waals surface area contributed by atoms with Crippen LogP contribution < -0.4 is 5.32 Å². The third-order valence-corrected chi connectivity index (χ3v) is 7.32. The molecule has 0 aromatic heterocycles. The number of alkyl carbamates (subject to hydrolysis) is 1. The number of aliphatic carboxylic acids is 1. The lowest BCUT2D eigenvalue weighted by Crippen LogP contribution is -2.49. The molecule has 2 aliphatic carbocycles. The molecule has 0 radical (unpaired) electrons. The normalized spacial score (nSPS) is 24.6. The number of carbonyl (C=O) groups is 3. The molecule has 2 amide bonds. The number of hydrogen-bond donors (Lipinski definition) is 2. The van der Waals surface area contributed by atoms with Crippen LogP contribution in [0.1, 0.15) is 42.7 Å². The molecule has 2 aromatic rings. The van der Waals surface area contributed by atoms with Crippen molar-refractivity contribution < 1.29 is 33.0 Å². The van der Waals surface area contributed by atoms with Crippen LogP contribution in [0.3, 0.4) is 0 Å². The molecule has 0 bridgehead atoms. The van der Waals surface area contributed by atoms with Crippen molar-refractivity contribution in [3.63, 3.8) is 0 Å². The van der Waals surface area contributed by atoms with E-state index in [0.29, 0.717) is 19.3 Å². The number of carboxylic acid groups (broad SMARTS) is 1. The van der Waals surface area contributed by atoms with E-state index in [2.05, 4.69) is 5.32 Å². The number of carbonyl (C=O) groups excluding carboxylic acids is 2. The van der Waals surface area contributed by atoms with Crippen LogP contribution in [0.15, 0.2) is 48.5 Å². The number of nitrogens with one attached hydrogen (secondary N) is 1. The standard InChI is InChI=1S/C26H26F2N2O5/c27-26(28)12-22(24(32)33)30(14-26)23(31)19-10-5-11-21(19)29-25(34)35-13-20-17-8-3-1-6-15(17)16-7-2-4-9-18(16)20/h1-4,6-9,19-22H,5,10-14H2,(H,29,34)(H,32,33)/t19?,21?,22-/m0/s1. The van der Waals surface area contributed by atoms with Crippen LogP contribution in [0, 0.1) is 5.92 Å². The third-order valence-electron chi connectivity index (χ3n) is 7.32. The molecular weight excluding hydrogens is 458 g/mol. The Kier molecular flexibility index (Phi) is 5.94. The molecule has 2 aromatic carbocycles. The Balaban J connectivity index is 1.24. The van der Waals surface area contributed by atoms with E-state index in [-0.39, 0.29) is 12.5 Å². The molecule has 1 saturated carbocycles. The number of hydrogen-bond acceptors (Lipinski definition) is 4. The zero-order chi connectivity index (χ0) is 24.7. The fourth-order valence-corrected chi connectivity index (χ4v) is 5.70. The lowest BCUT2D eigenvalue weighted by molar-refractivity contribution is -0.150. The molecule has 3 aliphatic rings. The summed E-state index contributed by atoms with van der Waals surface area (Å²) in [5.41, 5.74) is 4.36. The molecule has 1 saturated heterocycles. The average molecular weight is 484 g/mol. The largest absolute Gasteiger partial charge is 0.480 e. The van der Waals surface area contributed by atoms with Crippen molar-refractivity contribution in [1.29, 1.82) is 0 Å². The first-order chi connectivity index (χ1) is 16.7. The zero-order valence-corrected chi connectivity index (χ0v) is 19.0. The van der Waals surface area contributed by atoms with Gasteiger partial charge >= 0.3 is 12.1 Å². The van der Waals surface area contributed by atoms with Gasteiger partial charge < -0.3 is 20.1 Å². The van der Waals surface area contributed by atoms with Gasteiger partial charge in [0.15, 0.2) is 0 Å². The van der Waals surface area contributed by atoms with Crippen molar-refractivity contribution in [2.45, 2.75) is 49.6 Å². The summed E-state index contributed by atoms with van der Waals surface area (Å²) in [6, 6.07) is 13.8. The minimum Gasteiger partial charge on any atom is -0.480 e. The highest BCUT2D eigenvalue weighted by atomic mass is 19.3. The average Bonchev–Trinajstić information content (AvgIpc) is 3.51. The topological polar surface area (TPSA) is 95.9 Å². The van der Waals surface area contributed by atoms with E-state index in [0.717, 1.165) is 27.2 Å². The number of fused-ring (bicyclic) bond motifs is 3. The summed E-state index contributed by atoms with van der Waals surface area (Å²) in [5, 5.41) is 12.0. The van der Waals surface area contributed by atoms with Gasteiger partial charge in [-0.15, -0.1) is 0 Å². The van der Waals surface area contributed by atoms with E-state index in [4.69, 9.17) is 4.74 Å². The molecule has 5 rings (SSSR count). The maximum atomic E-state index is 13.9. The number of halogens is 2. The van der Waals surface area contributed by atoms with Crippen molar-refractivity contribution in [3.8, 4) is 11.1 Å². The van der Waals surface area contributed by atoms with Crippen molar-refractivity contribution in [2.75, 3.05) is 13.2 Å². The number of ether oxygens (including phenoxy) is 1. The number of likely N-dealkylation sites (tertiary alicyclic amines) is 1. The Bertz CT molecular complexity index is 1120. The summed E-state index contributed by atoms with van der Waals surface area (Å²) in [5.74, 6) is -6.22. The molecule has 35 heavy (non-hydrogen) atoms. The monoisotopic (exact) mass is 484 g/mol. The van der Waals surface area contributed by atoms with Gasteiger partial charge in [-0.3, -0.25) is 4.79 Å². The first-order valence-corrected chi connectivity index (χ1v) is 11.8. The fourth-order valence-electron chi connectivity index (χ4n) is 5.70. The number of nitrogens with zero attached hydrogens (tertiary/aromatic N) is 1. The maximum Gasteiger partial charge on any atom is 0.407 e. The first kappa shape index (κ1) is 23.3. The van der Waals surface area contributed by atoms with Gasteiger partial charge in [0.1, 0.15) is 12.6 Å². The van der Waals surface area contributed by atoms with Crippen LogP contribution >= 0.6 is 0 Å². The second-order valence-corrected chi connectivity index (χ2v) is 9.49. The maximum absolute atomic E-state index is 13.9. The van der Waals surface area contributed by atoms with Crippen molar-refractivity contribution >= 4 is 18.0 Å². The SMILES string of the molecule is O=C(NC1CCCC1C(=O)N1CC(F)(F)C[C@H]1C(=O)O)OCC1c2ccccc2-c2ccccc21. The summed E-state index contributed by atoms with van der Waals surface area (Å²) in [7, 11) is 0. The summed E-state index contributed by atoms with van der Waals surface area (Å²) in [6.07, 6.45) is -0.0830. The van der Waals surface area contributed by atoms with Crippen LogP contribution in [0.2, 0.25) is 0 Å². The highest BCUT2D eigenvalue weighted by molar-refractivity contribution is 5.87.